The maximum absolute atomic E-state index is 12.9. The summed E-state index contributed by atoms with van der Waals surface area (Å²) in [6.07, 6.45) is 0.822. The van der Waals surface area contributed by atoms with E-state index in [1.54, 1.807) is 0 Å². The van der Waals surface area contributed by atoms with Gasteiger partial charge in [0, 0.05) is 11.5 Å². The number of carbonyl (C=O) groups excluding carboxylic acids is 1. The van der Waals surface area contributed by atoms with Gasteiger partial charge in [-0.3, -0.25) is 4.79 Å². The molecule has 1 atom stereocenters. The van der Waals surface area contributed by atoms with Gasteiger partial charge in [-0.1, -0.05) is 76.2 Å². The molecule has 2 rings (SSSR count). The van der Waals surface area contributed by atoms with Gasteiger partial charge >= 0.3 is 0 Å². The molecule has 110 valence electrons. The fourth-order valence-electron chi connectivity index (χ4n) is 2.60. The van der Waals surface area contributed by atoms with E-state index in [0.717, 1.165) is 17.5 Å². The first kappa shape index (κ1) is 15.5. The summed E-state index contributed by atoms with van der Waals surface area (Å²) in [7, 11) is 0. The van der Waals surface area contributed by atoms with Crippen LogP contribution < -0.4 is 0 Å². The van der Waals surface area contributed by atoms with Crippen LogP contribution in [0, 0.1) is 0 Å². The van der Waals surface area contributed by atoms with Crippen molar-refractivity contribution in [1.82, 2.24) is 0 Å². The van der Waals surface area contributed by atoms with E-state index in [4.69, 9.17) is 0 Å². The molecular weight excluding hydrogens is 256 g/mol. The maximum Gasteiger partial charge on any atom is 0.170 e. The van der Waals surface area contributed by atoms with Crippen molar-refractivity contribution in [2.24, 2.45) is 0 Å². The Morgan fingerprint density at radius 2 is 1.67 bits per heavy atom. The highest BCUT2D eigenvalue weighted by molar-refractivity contribution is 6.01. The minimum Gasteiger partial charge on any atom is -0.293 e. The van der Waals surface area contributed by atoms with E-state index < -0.39 is 0 Å². The fourth-order valence-corrected chi connectivity index (χ4v) is 2.60. The summed E-state index contributed by atoms with van der Waals surface area (Å²) in [6.45, 7) is 8.59. The highest BCUT2D eigenvalue weighted by Gasteiger charge is 2.22. The number of Topliss-reactive ketones (excluding diaryl/α,β-unsaturated/α-hetero) is 1. The molecule has 1 unspecified atom stereocenters. The van der Waals surface area contributed by atoms with E-state index in [0.29, 0.717) is 0 Å². The largest absolute Gasteiger partial charge is 0.293 e. The van der Waals surface area contributed by atoms with Gasteiger partial charge in [-0.15, -0.1) is 0 Å². The molecule has 0 saturated carbocycles. The average molecular weight is 280 g/mol. The van der Waals surface area contributed by atoms with Gasteiger partial charge in [-0.2, -0.15) is 0 Å². The van der Waals surface area contributed by atoms with Crippen LogP contribution in [0.3, 0.4) is 0 Å². The number of ketones is 1. The lowest BCUT2D eigenvalue weighted by Gasteiger charge is -2.21. The Bertz CT molecular complexity index is 605. The smallest absolute Gasteiger partial charge is 0.170 e. The van der Waals surface area contributed by atoms with E-state index >= 15 is 0 Å². The fraction of sp³-hybridized carbons (Fsp3) is 0.350. The Balaban J connectivity index is 2.35. The normalized spacial score (nSPS) is 13.0. The van der Waals surface area contributed by atoms with Gasteiger partial charge in [0.1, 0.15) is 0 Å². The molecule has 2 aromatic carbocycles. The number of hydrogen-bond donors (Lipinski definition) is 0. The van der Waals surface area contributed by atoms with Gasteiger partial charge < -0.3 is 0 Å². The van der Waals surface area contributed by atoms with Crippen LogP contribution in [-0.2, 0) is 5.41 Å². The Morgan fingerprint density at radius 3 is 2.24 bits per heavy atom. The second-order valence-electron chi connectivity index (χ2n) is 6.57. The van der Waals surface area contributed by atoms with E-state index in [9.17, 15) is 4.79 Å². The summed E-state index contributed by atoms with van der Waals surface area (Å²) in [5.41, 5.74) is 3.19. The van der Waals surface area contributed by atoms with Gasteiger partial charge in [-0.25, -0.2) is 0 Å². The van der Waals surface area contributed by atoms with E-state index in [1.807, 2.05) is 48.5 Å². The second kappa shape index (κ2) is 6.26. The molecule has 1 heteroatoms. The van der Waals surface area contributed by atoms with Crippen molar-refractivity contribution in [3.05, 3.63) is 71.3 Å². The molecule has 0 fully saturated rings. The lowest BCUT2D eigenvalue weighted by Crippen LogP contribution is -2.15. The number of benzene rings is 2. The Labute approximate surface area is 128 Å². The summed E-state index contributed by atoms with van der Waals surface area (Å²) in [5.74, 6) is 0.163. The van der Waals surface area contributed by atoms with Crippen LogP contribution in [0.4, 0.5) is 0 Å². The summed E-state index contributed by atoms with van der Waals surface area (Å²) in [6, 6.07) is 18.1. The van der Waals surface area contributed by atoms with Crippen LogP contribution in [0.2, 0.25) is 0 Å². The Hall–Kier alpha value is -1.89. The molecule has 0 bridgehead atoms. The number of hydrogen-bond acceptors (Lipinski definition) is 1. The summed E-state index contributed by atoms with van der Waals surface area (Å²) < 4.78 is 0. The van der Waals surface area contributed by atoms with Crippen LogP contribution in [0.25, 0.3) is 0 Å². The van der Waals surface area contributed by atoms with Gasteiger partial charge in [0.05, 0.1) is 0 Å². The molecule has 1 nitrogen and oxygen atoms in total. The molecular formula is C20H24O. The molecule has 0 saturated heterocycles. The first-order chi connectivity index (χ1) is 9.93. The minimum absolute atomic E-state index is 0.0542. The van der Waals surface area contributed by atoms with Crippen molar-refractivity contribution in [2.45, 2.75) is 45.4 Å². The third-order valence-electron chi connectivity index (χ3n) is 3.94. The monoisotopic (exact) mass is 280 g/mol. The zero-order chi connectivity index (χ0) is 15.5. The summed E-state index contributed by atoms with van der Waals surface area (Å²) in [5, 5.41) is 0. The molecule has 0 aromatic heterocycles. The Kier molecular flexibility index (Phi) is 4.62. The van der Waals surface area contributed by atoms with E-state index in [1.165, 1.54) is 5.56 Å². The highest BCUT2D eigenvalue weighted by Crippen LogP contribution is 2.27. The predicted octanol–water partition coefficient (Wildman–Crippen LogP) is 5.36. The molecule has 0 radical (unpaired) electrons. The van der Waals surface area contributed by atoms with Crippen LogP contribution >= 0.6 is 0 Å². The van der Waals surface area contributed by atoms with Crippen molar-refractivity contribution in [2.75, 3.05) is 0 Å². The van der Waals surface area contributed by atoms with Gasteiger partial charge in [0.2, 0.25) is 0 Å². The average Bonchev–Trinajstić information content (AvgIpc) is 2.48. The zero-order valence-electron chi connectivity index (χ0n) is 13.4. The lowest BCUT2D eigenvalue weighted by molar-refractivity contribution is 0.0957. The van der Waals surface area contributed by atoms with Crippen LogP contribution in [0.1, 0.15) is 61.5 Å². The second-order valence-corrected chi connectivity index (χ2v) is 6.57. The van der Waals surface area contributed by atoms with Gasteiger partial charge in [-0.05, 0) is 29.0 Å². The minimum atomic E-state index is -0.0542. The quantitative estimate of drug-likeness (QED) is 0.689. The molecule has 0 amide bonds. The van der Waals surface area contributed by atoms with Crippen molar-refractivity contribution in [1.29, 1.82) is 0 Å². The Morgan fingerprint density at radius 1 is 1.00 bits per heavy atom. The van der Waals surface area contributed by atoms with Crippen molar-refractivity contribution in [3.8, 4) is 0 Å². The van der Waals surface area contributed by atoms with Crippen LogP contribution in [-0.4, -0.2) is 5.78 Å². The molecule has 2 aromatic rings. The molecule has 0 heterocycles. The number of rotatable bonds is 4. The van der Waals surface area contributed by atoms with E-state index in [-0.39, 0.29) is 17.1 Å². The van der Waals surface area contributed by atoms with Gasteiger partial charge in [0.25, 0.3) is 0 Å². The van der Waals surface area contributed by atoms with Crippen LogP contribution in [0.15, 0.2) is 54.6 Å². The molecule has 21 heavy (non-hydrogen) atoms. The van der Waals surface area contributed by atoms with Crippen molar-refractivity contribution >= 4 is 5.78 Å². The predicted molar refractivity (Wildman–Crippen MR) is 88.9 cm³/mol. The maximum atomic E-state index is 12.9. The first-order valence-electron chi connectivity index (χ1n) is 7.63. The number of carbonyl (C=O) groups is 1. The molecule has 0 aliphatic carbocycles. The van der Waals surface area contributed by atoms with Crippen LogP contribution in [0.5, 0.6) is 0 Å². The molecule has 0 aliphatic rings. The highest BCUT2D eigenvalue weighted by atomic mass is 16.1. The third-order valence-corrected chi connectivity index (χ3v) is 3.94. The lowest BCUT2D eigenvalue weighted by atomic mass is 9.83. The molecule has 0 N–H and O–H groups in total. The molecule has 0 aliphatic heterocycles. The topological polar surface area (TPSA) is 17.1 Å². The van der Waals surface area contributed by atoms with Gasteiger partial charge in [0.15, 0.2) is 5.78 Å². The zero-order valence-corrected chi connectivity index (χ0v) is 13.4. The summed E-state index contributed by atoms with van der Waals surface area (Å²) >= 11 is 0. The van der Waals surface area contributed by atoms with E-state index in [2.05, 4.69) is 33.8 Å². The standard InChI is InChI=1S/C20H24O/c1-5-18(15-10-7-6-8-11-15)19(21)16-12-9-13-17(14-16)20(2,3)4/h6-14,18H,5H2,1-4H3. The van der Waals surface area contributed by atoms with Crippen molar-refractivity contribution < 1.29 is 4.79 Å². The molecule has 0 spiro atoms. The first-order valence-corrected chi connectivity index (χ1v) is 7.63. The summed E-state index contributed by atoms with van der Waals surface area (Å²) in [4.78, 5) is 12.9. The van der Waals surface area contributed by atoms with Crippen molar-refractivity contribution in [3.63, 3.8) is 0 Å². The SMILES string of the molecule is CCC(C(=O)c1cccc(C(C)(C)C)c1)c1ccccc1. The third kappa shape index (κ3) is 3.60.